The summed E-state index contributed by atoms with van der Waals surface area (Å²) >= 11 is 0. The highest BCUT2D eigenvalue weighted by atomic mass is 32.2. The summed E-state index contributed by atoms with van der Waals surface area (Å²) in [5, 5.41) is 0. The van der Waals surface area contributed by atoms with Gasteiger partial charge in [-0.1, -0.05) is 57.0 Å². The Morgan fingerprint density at radius 3 is 2.41 bits per heavy atom. The van der Waals surface area contributed by atoms with Crippen molar-refractivity contribution in [3.05, 3.63) is 65.2 Å². The summed E-state index contributed by atoms with van der Waals surface area (Å²) in [4.78, 5) is 9.37. The van der Waals surface area contributed by atoms with Crippen molar-refractivity contribution >= 4 is 16.0 Å². The molecular formula is C30H37N3O3S. The number of ether oxygens (including phenoxy) is 1. The largest absolute Gasteiger partial charge is 0.477 e. The fourth-order valence-electron chi connectivity index (χ4n) is 6.32. The molecule has 1 aliphatic carbocycles. The molecule has 2 aromatic carbocycles. The summed E-state index contributed by atoms with van der Waals surface area (Å²) in [6, 6.07) is 15.4. The number of sulfonamides is 1. The van der Waals surface area contributed by atoms with Gasteiger partial charge in [-0.3, -0.25) is 0 Å². The molecule has 2 atom stereocenters. The van der Waals surface area contributed by atoms with Crippen LogP contribution in [-0.2, 0) is 10.0 Å². The summed E-state index contributed by atoms with van der Waals surface area (Å²) in [6.45, 7) is 9.08. The van der Waals surface area contributed by atoms with Crippen LogP contribution in [0.15, 0.2) is 53.4 Å². The zero-order chi connectivity index (χ0) is 26.2. The molecule has 4 bridgehead atoms. The smallest absolute Gasteiger partial charge is 0.264 e. The van der Waals surface area contributed by atoms with E-state index >= 15 is 0 Å². The van der Waals surface area contributed by atoms with Crippen LogP contribution >= 0.6 is 0 Å². The number of nitrogens with zero attached hydrogens (tertiary/aromatic N) is 2. The van der Waals surface area contributed by atoms with Gasteiger partial charge in [0.2, 0.25) is 11.8 Å². The number of rotatable bonds is 4. The first-order valence-electron chi connectivity index (χ1n) is 13.4. The van der Waals surface area contributed by atoms with Crippen LogP contribution in [0, 0.1) is 31.6 Å². The Kier molecular flexibility index (Phi) is 7.26. The van der Waals surface area contributed by atoms with Gasteiger partial charge in [-0.15, -0.1) is 0 Å². The van der Waals surface area contributed by atoms with Crippen molar-refractivity contribution in [2.24, 2.45) is 17.8 Å². The van der Waals surface area contributed by atoms with Crippen LogP contribution in [0.4, 0.5) is 5.95 Å². The lowest BCUT2D eigenvalue weighted by atomic mass is 9.73. The minimum absolute atomic E-state index is 0.0221. The number of aryl methyl sites for hydroxylation is 2. The maximum absolute atomic E-state index is 13.5. The van der Waals surface area contributed by atoms with Gasteiger partial charge in [-0.25, -0.2) is 18.1 Å². The Labute approximate surface area is 221 Å². The predicted octanol–water partition coefficient (Wildman–Crippen LogP) is 6.89. The molecule has 1 aliphatic heterocycles. The van der Waals surface area contributed by atoms with E-state index in [0.717, 1.165) is 28.7 Å². The van der Waals surface area contributed by atoms with Crippen molar-refractivity contribution in [2.75, 3.05) is 11.3 Å². The van der Waals surface area contributed by atoms with Gasteiger partial charge in [0.25, 0.3) is 10.0 Å². The highest BCUT2D eigenvalue weighted by Crippen LogP contribution is 2.44. The Balaban J connectivity index is 1.66. The molecule has 1 aromatic heterocycles. The van der Waals surface area contributed by atoms with Crippen LogP contribution < -0.4 is 9.46 Å². The van der Waals surface area contributed by atoms with Crippen molar-refractivity contribution in [1.82, 2.24) is 9.97 Å². The lowest BCUT2D eigenvalue weighted by Crippen LogP contribution is -2.28. The average molecular weight is 520 g/mol. The topological polar surface area (TPSA) is 81.2 Å². The zero-order valence-corrected chi connectivity index (χ0v) is 23.0. The third kappa shape index (κ3) is 5.52. The highest BCUT2D eigenvalue weighted by molar-refractivity contribution is 7.92. The molecule has 1 fully saturated rings. The molecule has 5 rings (SSSR count). The molecule has 1 unspecified atom stereocenters. The molecule has 3 aromatic rings. The van der Waals surface area contributed by atoms with Gasteiger partial charge in [-0.05, 0) is 79.7 Å². The van der Waals surface area contributed by atoms with Crippen LogP contribution in [0.5, 0.6) is 5.88 Å². The second-order valence-corrected chi connectivity index (χ2v) is 12.8. The van der Waals surface area contributed by atoms with Crippen LogP contribution in [-0.4, -0.2) is 25.0 Å². The summed E-state index contributed by atoms with van der Waals surface area (Å²) in [5.41, 5.74) is 4.83. The minimum atomic E-state index is -3.88. The van der Waals surface area contributed by atoms with E-state index in [2.05, 4.69) is 34.6 Å². The molecule has 1 N–H and O–H groups in total. The minimum Gasteiger partial charge on any atom is -0.477 e. The lowest BCUT2D eigenvalue weighted by molar-refractivity contribution is 0.168. The van der Waals surface area contributed by atoms with Crippen molar-refractivity contribution < 1.29 is 13.2 Å². The van der Waals surface area contributed by atoms with E-state index in [1.807, 2.05) is 50.2 Å². The van der Waals surface area contributed by atoms with Gasteiger partial charge < -0.3 is 4.74 Å². The maximum Gasteiger partial charge on any atom is 0.264 e. The molecule has 2 aliphatic rings. The summed E-state index contributed by atoms with van der Waals surface area (Å²) < 4.78 is 36.1. The molecule has 0 radical (unpaired) electrons. The zero-order valence-electron chi connectivity index (χ0n) is 22.2. The molecule has 6 nitrogen and oxygen atoms in total. The predicted molar refractivity (Wildman–Crippen MR) is 147 cm³/mol. The quantitative estimate of drug-likeness (QED) is 0.406. The molecule has 1 saturated carbocycles. The van der Waals surface area contributed by atoms with E-state index in [-0.39, 0.29) is 22.7 Å². The Bertz CT molecular complexity index is 1360. The fraction of sp³-hybridized carbons (Fsp3) is 0.467. The van der Waals surface area contributed by atoms with E-state index in [1.165, 1.54) is 25.7 Å². The molecular weight excluding hydrogens is 482 g/mol. The number of nitrogens with one attached hydrogen (secondary N) is 1. The Morgan fingerprint density at radius 1 is 1.00 bits per heavy atom. The Morgan fingerprint density at radius 2 is 1.70 bits per heavy atom. The molecule has 0 saturated heterocycles. The van der Waals surface area contributed by atoms with Crippen LogP contribution in [0.2, 0.25) is 0 Å². The summed E-state index contributed by atoms with van der Waals surface area (Å²) in [7, 11) is -3.88. The van der Waals surface area contributed by atoms with Gasteiger partial charge in [0.15, 0.2) is 0 Å². The third-order valence-electron chi connectivity index (χ3n) is 7.85. The summed E-state index contributed by atoms with van der Waals surface area (Å²) in [5.74, 6) is 1.91. The Hall–Kier alpha value is -2.93. The van der Waals surface area contributed by atoms with Gasteiger partial charge >= 0.3 is 0 Å². The first kappa shape index (κ1) is 25.7. The number of hydrogen-bond acceptors (Lipinski definition) is 5. The molecule has 0 amide bonds. The van der Waals surface area contributed by atoms with E-state index in [1.54, 1.807) is 6.07 Å². The first-order valence-corrected chi connectivity index (χ1v) is 14.9. The fourth-order valence-corrected chi connectivity index (χ4v) is 7.32. The van der Waals surface area contributed by atoms with Crippen molar-refractivity contribution in [1.29, 1.82) is 0 Å². The SMILES string of the molecule is Cc1cccc(C)c1-c1cc2nc(n1)NS(=O)(=O)c1cccc(c1)C(C1CCCC1)[C@H](CC(C)C)CO2. The first-order chi connectivity index (χ1) is 17.7. The monoisotopic (exact) mass is 519 g/mol. The number of fused-ring (bicyclic) bond motifs is 4. The normalized spacial score (nSPS) is 21.5. The van der Waals surface area contributed by atoms with Gasteiger partial charge in [-0.2, -0.15) is 4.98 Å². The van der Waals surface area contributed by atoms with Gasteiger partial charge in [0.1, 0.15) is 0 Å². The summed E-state index contributed by atoms with van der Waals surface area (Å²) in [6.07, 6.45) is 5.79. The van der Waals surface area contributed by atoms with Gasteiger partial charge in [0, 0.05) is 17.5 Å². The van der Waals surface area contributed by atoms with E-state index in [9.17, 15) is 8.42 Å². The van der Waals surface area contributed by atoms with Gasteiger partial charge in [0.05, 0.1) is 17.2 Å². The number of anilines is 1. The van der Waals surface area contributed by atoms with E-state index in [0.29, 0.717) is 30.0 Å². The molecule has 37 heavy (non-hydrogen) atoms. The number of benzene rings is 2. The molecule has 196 valence electrons. The van der Waals surface area contributed by atoms with Crippen LogP contribution in [0.3, 0.4) is 0 Å². The van der Waals surface area contributed by atoms with Crippen molar-refractivity contribution in [2.45, 2.75) is 70.6 Å². The molecule has 2 heterocycles. The van der Waals surface area contributed by atoms with Crippen molar-refractivity contribution in [3.63, 3.8) is 0 Å². The van der Waals surface area contributed by atoms with E-state index in [4.69, 9.17) is 4.74 Å². The number of hydrogen-bond donors (Lipinski definition) is 1. The van der Waals surface area contributed by atoms with E-state index < -0.39 is 10.0 Å². The standard InChI is InChI=1S/C30H37N3O3S/c1-19(2)15-24-18-36-27-17-26(28-20(3)9-7-10-21(28)4)31-30(32-27)33-37(34,35)25-14-8-13-23(16-25)29(24)22-11-5-6-12-22/h7-10,13-14,16-17,19,22,24,29H,5-6,11-12,15,18H2,1-4H3,(H,31,32,33)/t24-,29?/m1/s1. The average Bonchev–Trinajstić information content (AvgIpc) is 3.36. The van der Waals surface area contributed by atoms with Crippen LogP contribution in [0.1, 0.15) is 68.6 Å². The molecule has 7 heteroatoms. The second kappa shape index (κ2) is 10.4. The lowest BCUT2D eigenvalue weighted by Gasteiger charge is -2.34. The maximum atomic E-state index is 13.5. The number of aromatic nitrogens is 2. The molecule has 0 spiro atoms. The van der Waals surface area contributed by atoms with Crippen molar-refractivity contribution in [3.8, 4) is 17.1 Å². The van der Waals surface area contributed by atoms with Crippen LogP contribution in [0.25, 0.3) is 11.3 Å². The second-order valence-electron chi connectivity index (χ2n) is 11.1. The third-order valence-corrected chi connectivity index (χ3v) is 9.18. The highest BCUT2D eigenvalue weighted by Gasteiger charge is 2.35.